The summed E-state index contributed by atoms with van der Waals surface area (Å²) in [6.45, 7) is 3.99. The number of benzene rings is 1. The Kier molecular flexibility index (Phi) is 3.24. The van der Waals surface area contributed by atoms with E-state index in [2.05, 4.69) is 0 Å². The Labute approximate surface area is 101 Å². The third kappa shape index (κ3) is 2.53. The lowest BCUT2D eigenvalue weighted by Crippen LogP contribution is -2.16. The fourth-order valence-electron chi connectivity index (χ4n) is 1.70. The third-order valence-corrected chi connectivity index (χ3v) is 2.61. The van der Waals surface area contributed by atoms with Gasteiger partial charge in [0.25, 0.3) is 5.56 Å². The molecule has 1 aromatic carbocycles. The highest BCUT2D eigenvalue weighted by molar-refractivity contribution is 5.48. The van der Waals surface area contributed by atoms with E-state index in [0.717, 1.165) is 11.3 Å². The van der Waals surface area contributed by atoms with E-state index in [1.54, 1.807) is 10.6 Å². The van der Waals surface area contributed by atoms with Crippen LogP contribution in [0.2, 0.25) is 0 Å². The van der Waals surface area contributed by atoms with Gasteiger partial charge in [-0.3, -0.25) is 9.36 Å². The number of allylic oxidation sites excluding steroid dienone is 1. The zero-order chi connectivity index (χ0) is 12.3. The molecule has 0 saturated heterocycles. The van der Waals surface area contributed by atoms with Crippen LogP contribution in [-0.4, -0.2) is 4.57 Å². The van der Waals surface area contributed by atoms with Crippen LogP contribution in [-0.2, 0) is 0 Å². The summed E-state index contributed by atoms with van der Waals surface area (Å²) in [5, 5.41) is 0. The molecular weight excluding hydrogens is 210 g/mol. The fraction of sp³-hybridized carbons (Fsp3) is 0.133. The van der Waals surface area contributed by atoms with E-state index in [9.17, 15) is 4.79 Å². The van der Waals surface area contributed by atoms with E-state index in [1.807, 2.05) is 62.5 Å². The highest BCUT2D eigenvalue weighted by Crippen LogP contribution is 2.08. The summed E-state index contributed by atoms with van der Waals surface area (Å²) in [6.07, 6.45) is 5.79. The second kappa shape index (κ2) is 4.83. The van der Waals surface area contributed by atoms with Crippen LogP contribution < -0.4 is 5.56 Å². The van der Waals surface area contributed by atoms with Gasteiger partial charge >= 0.3 is 0 Å². The molecule has 1 aromatic heterocycles. The van der Waals surface area contributed by atoms with Crippen molar-refractivity contribution in [1.82, 2.24) is 4.57 Å². The van der Waals surface area contributed by atoms with E-state index in [-0.39, 0.29) is 5.56 Å². The maximum absolute atomic E-state index is 11.8. The molecule has 0 aliphatic carbocycles. The summed E-state index contributed by atoms with van der Waals surface area (Å²) in [6, 6.07) is 11.3. The van der Waals surface area contributed by atoms with Crippen molar-refractivity contribution in [3.8, 4) is 5.69 Å². The molecule has 2 rings (SSSR count). The molecule has 0 spiro atoms. The number of hydrogen-bond acceptors (Lipinski definition) is 1. The van der Waals surface area contributed by atoms with Crippen LogP contribution >= 0.6 is 0 Å². The number of rotatable bonds is 2. The van der Waals surface area contributed by atoms with Crippen LogP contribution in [0.3, 0.4) is 0 Å². The van der Waals surface area contributed by atoms with Crippen LogP contribution in [0.4, 0.5) is 0 Å². The third-order valence-electron chi connectivity index (χ3n) is 2.61. The van der Waals surface area contributed by atoms with Crippen molar-refractivity contribution in [1.29, 1.82) is 0 Å². The fourth-order valence-corrected chi connectivity index (χ4v) is 1.70. The number of aryl methyl sites for hydroxylation is 1. The molecule has 0 amide bonds. The number of nitrogens with zero attached hydrogens (tertiary/aromatic N) is 1. The molecule has 17 heavy (non-hydrogen) atoms. The maximum Gasteiger partial charge on any atom is 0.255 e. The highest BCUT2D eigenvalue weighted by atomic mass is 16.1. The van der Waals surface area contributed by atoms with E-state index < -0.39 is 0 Å². The van der Waals surface area contributed by atoms with Gasteiger partial charge in [-0.15, -0.1) is 0 Å². The Morgan fingerprint density at radius 3 is 2.41 bits per heavy atom. The average Bonchev–Trinajstić information content (AvgIpc) is 2.33. The Balaban J connectivity index is 2.54. The van der Waals surface area contributed by atoms with Crippen molar-refractivity contribution >= 4 is 6.08 Å². The molecule has 2 heteroatoms. The van der Waals surface area contributed by atoms with Gasteiger partial charge in [0.2, 0.25) is 0 Å². The van der Waals surface area contributed by atoms with Crippen LogP contribution in [0.1, 0.15) is 18.1 Å². The van der Waals surface area contributed by atoms with Crippen LogP contribution in [0, 0.1) is 6.92 Å². The van der Waals surface area contributed by atoms with Gasteiger partial charge in [0, 0.05) is 18.0 Å². The molecule has 1 heterocycles. The maximum atomic E-state index is 11.8. The summed E-state index contributed by atoms with van der Waals surface area (Å²) >= 11 is 0. The van der Waals surface area contributed by atoms with Crippen molar-refractivity contribution in [2.45, 2.75) is 13.8 Å². The summed E-state index contributed by atoms with van der Waals surface area (Å²) in [5.41, 5.74) is 3.09. The van der Waals surface area contributed by atoms with Crippen LogP contribution in [0.25, 0.3) is 11.8 Å². The first kappa shape index (κ1) is 11.4. The van der Waals surface area contributed by atoms with Crippen LogP contribution in [0.15, 0.2) is 53.5 Å². The summed E-state index contributed by atoms with van der Waals surface area (Å²) < 4.78 is 1.66. The van der Waals surface area contributed by atoms with Gasteiger partial charge < -0.3 is 0 Å². The molecule has 0 aliphatic heterocycles. The lowest BCUT2D eigenvalue weighted by Gasteiger charge is -2.06. The molecule has 2 nitrogen and oxygen atoms in total. The zero-order valence-electron chi connectivity index (χ0n) is 10.1. The van der Waals surface area contributed by atoms with Crippen molar-refractivity contribution in [3.05, 3.63) is 70.2 Å². The predicted molar refractivity (Wildman–Crippen MR) is 71.5 cm³/mol. The zero-order valence-corrected chi connectivity index (χ0v) is 10.1. The van der Waals surface area contributed by atoms with Crippen LogP contribution in [0.5, 0.6) is 0 Å². The van der Waals surface area contributed by atoms with E-state index >= 15 is 0 Å². The van der Waals surface area contributed by atoms with Crippen molar-refractivity contribution in [3.63, 3.8) is 0 Å². The largest absolute Gasteiger partial charge is 0.284 e. The Morgan fingerprint density at radius 2 is 1.76 bits per heavy atom. The first-order valence-corrected chi connectivity index (χ1v) is 5.63. The smallest absolute Gasteiger partial charge is 0.255 e. The topological polar surface area (TPSA) is 22.0 Å². The highest BCUT2D eigenvalue weighted by Gasteiger charge is 1.99. The SMILES string of the molecule is C/C=C/c1ccc(=O)n(-c2ccc(C)cc2)c1. The second-order valence-electron chi connectivity index (χ2n) is 4.01. The minimum Gasteiger partial charge on any atom is -0.284 e. The first-order valence-electron chi connectivity index (χ1n) is 5.63. The van der Waals surface area contributed by atoms with E-state index in [0.29, 0.717) is 0 Å². The molecule has 0 bridgehead atoms. The van der Waals surface area contributed by atoms with Gasteiger partial charge in [0.15, 0.2) is 0 Å². The quantitative estimate of drug-likeness (QED) is 0.769. The molecule has 0 unspecified atom stereocenters. The first-order chi connectivity index (χ1) is 8.20. The van der Waals surface area contributed by atoms with Crippen molar-refractivity contribution in [2.24, 2.45) is 0 Å². The second-order valence-corrected chi connectivity index (χ2v) is 4.01. The Bertz CT molecular complexity index is 591. The minimum atomic E-state index is -0.0119. The molecule has 0 atom stereocenters. The Morgan fingerprint density at radius 1 is 1.06 bits per heavy atom. The molecule has 0 aliphatic rings. The molecule has 0 fully saturated rings. The summed E-state index contributed by atoms with van der Waals surface area (Å²) in [7, 11) is 0. The summed E-state index contributed by atoms with van der Waals surface area (Å²) in [4.78, 5) is 11.8. The monoisotopic (exact) mass is 225 g/mol. The number of pyridine rings is 1. The standard InChI is InChI=1S/C15H15NO/c1-3-4-13-7-10-15(17)16(11-13)14-8-5-12(2)6-9-14/h3-11H,1-2H3/b4-3+. The lowest BCUT2D eigenvalue weighted by atomic mass is 10.2. The average molecular weight is 225 g/mol. The summed E-state index contributed by atoms with van der Waals surface area (Å²) in [5.74, 6) is 0. The van der Waals surface area contributed by atoms with Gasteiger partial charge in [0.1, 0.15) is 0 Å². The van der Waals surface area contributed by atoms with Gasteiger partial charge in [-0.25, -0.2) is 0 Å². The van der Waals surface area contributed by atoms with Gasteiger partial charge in [0.05, 0.1) is 0 Å². The number of hydrogen-bond donors (Lipinski definition) is 0. The molecule has 86 valence electrons. The van der Waals surface area contributed by atoms with Gasteiger partial charge in [-0.05, 0) is 37.6 Å². The molecule has 0 radical (unpaired) electrons. The number of aromatic nitrogens is 1. The Hall–Kier alpha value is -2.09. The van der Waals surface area contributed by atoms with E-state index in [4.69, 9.17) is 0 Å². The normalized spacial score (nSPS) is 10.9. The lowest BCUT2D eigenvalue weighted by molar-refractivity contribution is 0.986. The molecule has 0 N–H and O–H groups in total. The van der Waals surface area contributed by atoms with Crippen molar-refractivity contribution in [2.75, 3.05) is 0 Å². The van der Waals surface area contributed by atoms with Crippen molar-refractivity contribution < 1.29 is 0 Å². The minimum absolute atomic E-state index is 0.0119. The molecular formula is C15H15NO. The van der Waals surface area contributed by atoms with Gasteiger partial charge in [-0.1, -0.05) is 29.8 Å². The van der Waals surface area contributed by atoms with Gasteiger partial charge in [-0.2, -0.15) is 0 Å². The molecule has 0 saturated carbocycles. The molecule has 2 aromatic rings. The predicted octanol–water partition coefficient (Wildman–Crippen LogP) is 3.18. The van der Waals surface area contributed by atoms with E-state index in [1.165, 1.54) is 5.56 Å².